The van der Waals surface area contributed by atoms with E-state index in [0.717, 1.165) is 38.3 Å². The molecule has 1 saturated heterocycles. The van der Waals surface area contributed by atoms with Crippen molar-refractivity contribution in [3.8, 4) is 0 Å². The van der Waals surface area contributed by atoms with Gasteiger partial charge in [0.1, 0.15) is 5.82 Å². The Labute approximate surface area is 133 Å². The van der Waals surface area contributed by atoms with Crippen molar-refractivity contribution in [1.82, 2.24) is 9.88 Å². The minimum atomic E-state index is 0. The molecule has 1 aromatic heterocycles. The molecule has 2 heterocycles. The average molecular weight is 432 g/mol. The van der Waals surface area contributed by atoms with Crippen LogP contribution in [0.3, 0.4) is 0 Å². The maximum Gasteiger partial charge on any atom is 0.126 e. The van der Waals surface area contributed by atoms with Crippen LogP contribution in [0.1, 0.15) is 11.1 Å². The van der Waals surface area contributed by atoms with E-state index < -0.39 is 0 Å². The first-order chi connectivity index (χ1) is 7.27. The molecule has 1 aliphatic rings. The van der Waals surface area contributed by atoms with E-state index in [2.05, 4.69) is 21.3 Å². The van der Waals surface area contributed by atoms with E-state index in [4.69, 9.17) is 5.73 Å². The molecular weight excluding hydrogens is 415 g/mol. The van der Waals surface area contributed by atoms with Crippen molar-refractivity contribution < 1.29 is 44.1 Å². The summed E-state index contributed by atoms with van der Waals surface area (Å²) in [6, 6.07) is 2.05. The summed E-state index contributed by atoms with van der Waals surface area (Å²) in [5.74, 6) is 0.647. The van der Waals surface area contributed by atoms with Crippen LogP contribution in [0.2, 0.25) is 0 Å². The molecule has 0 aliphatic carbocycles. The maximum atomic E-state index is 5.78. The number of aromatic nitrogens is 1. The van der Waals surface area contributed by atoms with Gasteiger partial charge in [0.15, 0.2) is 0 Å². The number of pyridine rings is 1. The number of nitrogens with zero attached hydrogens (tertiary/aromatic N) is 3. The fraction of sp³-hybridized carbons (Fsp3) is 0.545. The third-order valence-corrected chi connectivity index (χ3v) is 2.90. The third-order valence-electron chi connectivity index (χ3n) is 2.90. The molecule has 4 nitrogen and oxygen atoms in total. The molecule has 1 radical (unpaired) electrons. The Balaban J connectivity index is 0.00000128. The molecule has 0 atom stereocenters. The van der Waals surface area contributed by atoms with Gasteiger partial charge in [-0.1, -0.05) is 0 Å². The summed E-state index contributed by atoms with van der Waals surface area (Å²) in [7, 11) is 0. The van der Waals surface area contributed by atoms with Crippen molar-refractivity contribution in [2.45, 2.75) is 13.5 Å². The van der Waals surface area contributed by atoms with Gasteiger partial charge >= 0.3 is 0 Å². The number of hydrogen-bond acceptors (Lipinski definition) is 3. The van der Waals surface area contributed by atoms with E-state index in [9.17, 15) is 0 Å². The van der Waals surface area contributed by atoms with Gasteiger partial charge in [-0.2, -0.15) is 0 Å². The first kappa shape index (κ1) is 14.4. The van der Waals surface area contributed by atoms with Gasteiger partial charge in [0.2, 0.25) is 0 Å². The minimum absolute atomic E-state index is 0. The number of rotatable bonds is 2. The molecule has 2 rings (SSSR count). The van der Waals surface area contributed by atoms with Crippen molar-refractivity contribution >= 4 is 5.82 Å². The molecular formula is C11H17AcN4-. The molecule has 2 N–H and O–H groups in total. The molecule has 0 amide bonds. The van der Waals surface area contributed by atoms with Crippen LogP contribution in [-0.4, -0.2) is 36.1 Å². The predicted octanol–water partition coefficient (Wildman–Crippen LogP) is 1.16. The van der Waals surface area contributed by atoms with Crippen molar-refractivity contribution in [2.24, 2.45) is 0 Å². The second-order valence-corrected chi connectivity index (χ2v) is 3.93. The monoisotopic (exact) mass is 432 g/mol. The normalized spacial score (nSPS) is 16.8. The van der Waals surface area contributed by atoms with E-state index >= 15 is 0 Å². The molecule has 0 unspecified atom stereocenters. The van der Waals surface area contributed by atoms with Crippen molar-refractivity contribution in [3.63, 3.8) is 0 Å². The molecule has 85 valence electrons. The van der Waals surface area contributed by atoms with Crippen LogP contribution >= 0.6 is 0 Å². The van der Waals surface area contributed by atoms with Crippen LogP contribution < -0.4 is 5.73 Å². The molecule has 0 bridgehead atoms. The zero-order valence-electron chi connectivity index (χ0n) is 9.69. The molecule has 0 spiro atoms. The summed E-state index contributed by atoms with van der Waals surface area (Å²) in [6.07, 6.45) is 1.78. The second kappa shape index (κ2) is 6.90. The largest absolute Gasteiger partial charge is 0.660 e. The first-order valence-corrected chi connectivity index (χ1v) is 5.33. The number of hydrogen-bond donors (Lipinski definition) is 1. The molecule has 1 aromatic rings. The summed E-state index contributed by atoms with van der Waals surface area (Å²) < 4.78 is 0. The van der Waals surface area contributed by atoms with Gasteiger partial charge in [0.05, 0.1) is 0 Å². The van der Waals surface area contributed by atoms with Gasteiger partial charge in [-0.05, 0) is 37.2 Å². The van der Waals surface area contributed by atoms with Gasteiger partial charge in [0, 0.05) is 56.8 Å². The Hall–Kier alpha value is 0.312. The van der Waals surface area contributed by atoms with Gasteiger partial charge < -0.3 is 16.0 Å². The Bertz CT molecular complexity index is 337. The maximum absolute atomic E-state index is 5.78. The Morgan fingerprint density at radius 2 is 2.12 bits per heavy atom. The second-order valence-electron chi connectivity index (χ2n) is 3.93. The number of nitrogen functional groups attached to an aromatic ring is 1. The summed E-state index contributed by atoms with van der Waals surface area (Å²) >= 11 is 0. The van der Waals surface area contributed by atoms with Crippen LogP contribution in [0, 0.1) is 51.0 Å². The van der Waals surface area contributed by atoms with Crippen LogP contribution in [0.15, 0.2) is 12.3 Å². The Morgan fingerprint density at radius 3 is 2.81 bits per heavy atom. The van der Waals surface area contributed by atoms with Gasteiger partial charge in [0.25, 0.3) is 0 Å². The fourth-order valence-electron chi connectivity index (χ4n) is 1.81. The van der Waals surface area contributed by atoms with Crippen LogP contribution in [0.25, 0.3) is 5.32 Å². The van der Waals surface area contributed by atoms with Gasteiger partial charge in [-0.25, -0.2) is 4.98 Å². The van der Waals surface area contributed by atoms with E-state index in [0.29, 0.717) is 5.82 Å². The number of anilines is 1. The Morgan fingerprint density at radius 1 is 1.44 bits per heavy atom. The first-order valence-electron chi connectivity index (χ1n) is 5.33. The molecule has 1 aliphatic heterocycles. The predicted molar refractivity (Wildman–Crippen MR) is 61.8 cm³/mol. The quantitative estimate of drug-likeness (QED) is 0.764. The van der Waals surface area contributed by atoms with Crippen molar-refractivity contribution in [1.29, 1.82) is 0 Å². The van der Waals surface area contributed by atoms with Crippen molar-refractivity contribution in [2.75, 3.05) is 31.9 Å². The SMILES string of the molecule is Cc1c(CN2CC[N-]CC2)ccnc1N.[Ac]. The zero-order valence-corrected chi connectivity index (χ0v) is 14.4. The van der Waals surface area contributed by atoms with Gasteiger partial charge in [-0.15, -0.1) is 13.1 Å². The van der Waals surface area contributed by atoms with Crippen LogP contribution in [0.4, 0.5) is 5.82 Å². The van der Waals surface area contributed by atoms with E-state index in [1.54, 1.807) is 6.20 Å². The van der Waals surface area contributed by atoms with Crippen LogP contribution in [-0.2, 0) is 6.54 Å². The minimum Gasteiger partial charge on any atom is -0.660 e. The topological polar surface area (TPSA) is 56.2 Å². The molecule has 0 saturated carbocycles. The summed E-state index contributed by atoms with van der Waals surface area (Å²) in [6.45, 7) is 7.03. The number of piperazine rings is 1. The standard InChI is InChI=1S/C11H17N4.Ac/c1-9-10(2-3-14-11(9)12)8-15-6-4-13-5-7-15;/h2-3H,4-8H2,1H3,(H2,12,14);/q-1;. The van der Waals surface area contributed by atoms with Crippen molar-refractivity contribution in [3.05, 3.63) is 28.7 Å². The van der Waals surface area contributed by atoms with E-state index in [1.165, 1.54) is 5.56 Å². The molecule has 5 heteroatoms. The number of nitrogens with two attached hydrogens (primary N) is 1. The van der Waals surface area contributed by atoms with E-state index in [1.807, 2.05) is 6.92 Å². The molecule has 0 aromatic carbocycles. The van der Waals surface area contributed by atoms with E-state index in [-0.39, 0.29) is 44.1 Å². The Kier molecular flexibility index (Phi) is 6.20. The molecule has 1 fully saturated rings. The zero-order chi connectivity index (χ0) is 10.7. The fourth-order valence-corrected chi connectivity index (χ4v) is 1.81. The smallest absolute Gasteiger partial charge is 0.126 e. The van der Waals surface area contributed by atoms with Gasteiger partial charge in [-0.3, -0.25) is 0 Å². The molecule has 16 heavy (non-hydrogen) atoms. The summed E-state index contributed by atoms with van der Waals surface area (Å²) in [5, 5.41) is 4.33. The summed E-state index contributed by atoms with van der Waals surface area (Å²) in [4.78, 5) is 6.48. The third kappa shape index (κ3) is 3.66. The average Bonchev–Trinajstić information content (AvgIpc) is 2.26. The summed E-state index contributed by atoms with van der Waals surface area (Å²) in [5.41, 5.74) is 8.17. The van der Waals surface area contributed by atoms with Crippen LogP contribution in [0.5, 0.6) is 0 Å².